The molecule has 1 saturated heterocycles. The zero-order valence-electron chi connectivity index (χ0n) is 20.3. The first-order valence-corrected chi connectivity index (χ1v) is 13.3. The van der Waals surface area contributed by atoms with Crippen LogP contribution in [0.1, 0.15) is 29.3 Å². The van der Waals surface area contributed by atoms with Gasteiger partial charge in [0, 0.05) is 45.3 Å². The fraction of sp³-hybridized carbons (Fsp3) is 0.172. The molecule has 7 heteroatoms. The standard InChI is InChI=1S/C29H25Cl2N3OS/c1-4-33-28(35)27(36-29(33)32-22-13-9-18(2)10-14-22)16-24-19(3)34(26-8-6-5-7-23(24)26)17-20-11-12-21(30)15-25(20)31/h5-16H,4,17H2,1-3H3/b27-16+,32-29?. The van der Waals surface area contributed by atoms with Crippen LogP contribution in [0, 0.1) is 13.8 Å². The molecule has 1 aliphatic rings. The second-order valence-electron chi connectivity index (χ2n) is 8.73. The largest absolute Gasteiger partial charge is 0.340 e. The van der Waals surface area contributed by atoms with Gasteiger partial charge in [-0.15, -0.1) is 0 Å². The Labute approximate surface area is 225 Å². The van der Waals surface area contributed by atoms with E-state index in [2.05, 4.69) is 23.6 Å². The molecule has 0 atom stereocenters. The van der Waals surface area contributed by atoms with Crippen molar-refractivity contribution < 1.29 is 4.79 Å². The Balaban J connectivity index is 1.56. The van der Waals surface area contributed by atoms with Gasteiger partial charge in [-0.1, -0.05) is 65.2 Å². The molecular formula is C29H25Cl2N3OS. The number of hydrogen-bond donors (Lipinski definition) is 0. The minimum atomic E-state index is -0.0228. The summed E-state index contributed by atoms with van der Waals surface area (Å²) in [6, 6.07) is 21.8. The summed E-state index contributed by atoms with van der Waals surface area (Å²) in [5.41, 5.74) is 6.18. The zero-order valence-corrected chi connectivity index (χ0v) is 22.6. The predicted octanol–water partition coefficient (Wildman–Crippen LogP) is 8.24. The first kappa shape index (κ1) is 24.7. The van der Waals surface area contributed by atoms with Gasteiger partial charge in [0.1, 0.15) is 0 Å². The van der Waals surface area contributed by atoms with E-state index in [0.29, 0.717) is 33.2 Å². The number of fused-ring (bicyclic) bond motifs is 1. The molecule has 1 amide bonds. The van der Waals surface area contributed by atoms with Crippen molar-refractivity contribution in [2.75, 3.05) is 6.54 Å². The first-order valence-electron chi connectivity index (χ1n) is 11.7. The van der Waals surface area contributed by atoms with Crippen LogP contribution < -0.4 is 0 Å². The maximum Gasteiger partial charge on any atom is 0.266 e. The van der Waals surface area contributed by atoms with Gasteiger partial charge in [0.15, 0.2) is 5.17 Å². The lowest BCUT2D eigenvalue weighted by Gasteiger charge is -2.12. The molecule has 0 radical (unpaired) electrons. The van der Waals surface area contributed by atoms with Crippen LogP contribution in [-0.2, 0) is 11.3 Å². The molecule has 2 heterocycles. The van der Waals surface area contributed by atoms with E-state index in [1.165, 1.54) is 17.3 Å². The van der Waals surface area contributed by atoms with E-state index in [1.54, 1.807) is 11.0 Å². The molecule has 1 aliphatic heterocycles. The van der Waals surface area contributed by atoms with Gasteiger partial charge in [-0.3, -0.25) is 9.69 Å². The Morgan fingerprint density at radius 1 is 1.00 bits per heavy atom. The molecule has 5 rings (SSSR count). The summed E-state index contributed by atoms with van der Waals surface area (Å²) < 4.78 is 2.24. The summed E-state index contributed by atoms with van der Waals surface area (Å²) in [6.07, 6.45) is 2.00. The topological polar surface area (TPSA) is 37.6 Å². The third-order valence-corrected chi connectivity index (χ3v) is 7.96. The summed E-state index contributed by atoms with van der Waals surface area (Å²) in [7, 11) is 0. The number of aliphatic imine (C=N–C) groups is 1. The van der Waals surface area contributed by atoms with Crippen LogP contribution in [0.5, 0.6) is 0 Å². The molecule has 0 spiro atoms. The van der Waals surface area contributed by atoms with Gasteiger partial charge in [0.05, 0.1) is 10.6 Å². The van der Waals surface area contributed by atoms with Crippen molar-refractivity contribution in [2.24, 2.45) is 4.99 Å². The average molecular weight is 535 g/mol. The number of rotatable bonds is 5. The van der Waals surface area contributed by atoms with Gasteiger partial charge in [0.2, 0.25) is 0 Å². The van der Waals surface area contributed by atoms with Crippen molar-refractivity contribution in [2.45, 2.75) is 27.3 Å². The van der Waals surface area contributed by atoms with Crippen molar-refractivity contribution >= 4 is 68.7 Å². The molecule has 182 valence electrons. The Morgan fingerprint density at radius 2 is 1.75 bits per heavy atom. The number of amidine groups is 1. The third kappa shape index (κ3) is 4.71. The van der Waals surface area contributed by atoms with Crippen molar-refractivity contribution in [1.29, 1.82) is 0 Å². The Kier molecular flexibility index (Phi) is 6.98. The molecule has 0 bridgehead atoms. The molecule has 0 unspecified atom stereocenters. The van der Waals surface area contributed by atoms with Crippen LogP contribution >= 0.6 is 35.0 Å². The number of aromatic nitrogens is 1. The highest BCUT2D eigenvalue weighted by Crippen LogP contribution is 2.37. The van der Waals surface area contributed by atoms with E-state index in [0.717, 1.165) is 33.4 Å². The summed E-state index contributed by atoms with van der Waals surface area (Å²) in [6.45, 7) is 7.26. The lowest BCUT2D eigenvalue weighted by Crippen LogP contribution is -2.28. The average Bonchev–Trinajstić information content (AvgIpc) is 3.30. The zero-order chi connectivity index (χ0) is 25.4. The van der Waals surface area contributed by atoms with Crippen molar-refractivity contribution in [3.63, 3.8) is 0 Å². The van der Waals surface area contributed by atoms with Gasteiger partial charge < -0.3 is 4.57 Å². The van der Waals surface area contributed by atoms with E-state index >= 15 is 0 Å². The van der Waals surface area contributed by atoms with E-state index in [4.69, 9.17) is 28.2 Å². The third-order valence-electron chi connectivity index (χ3n) is 6.36. The van der Waals surface area contributed by atoms with Crippen LogP contribution in [0.4, 0.5) is 5.69 Å². The lowest BCUT2D eigenvalue weighted by atomic mass is 10.1. The molecule has 0 N–H and O–H groups in total. The summed E-state index contributed by atoms with van der Waals surface area (Å²) in [5, 5.41) is 3.04. The van der Waals surface area contributed by atoms with Gasteiger partial charge >= 0.3 is 0 Å². The van der Waals surface area contributed by atoms with Crippen LogP contribution in [0.2, 0.25) is 10.0 Å². The van der Waals surface area contributed by atoms with Crippen molar-refractivity contribution in [3.8, 4) is 0 Å². The predicted molar refractivity (Wildman–Crippen MR) is 153 cm³/mol. The molecule has 4 nitrogen and oxygen atoms in total. The SMILES string of the molecule is CCN1C(=O)/C(=C\c2c(C)n(Cc3ccc(Cl)cc3Cl)c3ccccc23)SC1=Nc1ccc(C)cc1. The van der Waals surface area contributed by atoms with E-state index in [1.807, 2.05) is 68.5 Å². The molecule has 1 aromatic heterocycles. The smallest absolute Gasteiger partial charge is 0.266 e. The maximum atomic E-state index is 13.3. The fourth-order valence-corrected chi connectivity index (χ4v) is 5.91. The highest BCUT2D eigenvalue weighted by molar-refractivity contribution is 8.18. The molecule has 3 aromatic carbocycles. The first-order chi connectivity index (χ1) is 17.4. The fourth-order valence-electron chi connectivity index (χ4n) is 4.40. The molecule has 4 aromatic rings. The summed E-state index contributed by atoms with van der Waals surface area (Å²) in [5.74, 6) is -0.0228. The Morgan fingerprint density at radius 3 is 2.47 bits per heavy atom. The molecule has 0 aliphatic carbocycles. The summed E-state index contributed by atoms with van der Waals surface area (Å²) in [4.78, 5) is 20.5. The monoisotopic (exact) mass is 533 g/mol. The second kappa shape index (κ2) is 10.2. The van der Waals surface area contributed by atoms with E-state index in [9.17, 15) is 4.79 Å². The number of nitrogens with zero attached hydrogens (tertiary/aromatic N) is 3. The number of para-hydroxylation sites is 1. The normalized spacial score (nSPS) is 16.1. The second-order valence-corrected chi connectivity index (χ2v) is 10.6. The number of aryl methyl sites for hydroxylation is 1. The van der Waals surface area contributed by atoms with Crippen LogP contribution in [0.25, 0.3) is 17.0 Å². The van der Waals surface area contributed by atoms with Crippen LogP contribution in [0.3, 0.4) is 0 Å². The van der Waals surface area contributed by atoms with Gasteiger partial charge in [-0.05, 0) is 74.5 Å². The number of halogens is 2. The number of carbonyl (C=O) groups is 1. The number of thioether (sulfide) groups is 1. The minimum Gasteiger partial charge on any atom is -0.340 e. The van der Waals surface area contributed by atoms with Gasteiger partial charge in [-0.2, -0.15) is 0 Å². The van der Waals surface area contributed by atoms with Gasteiger partial charge in [0.25, 0.3) is 5.91 Å². The number of likely N-dealkylation sites (N-methyl/N-ethyl adjacent to an activating group) is 1. The Hall–Kier alpha value is -2.99. The van der Waals surface area contributed by atoms with Crippen molar-refractivity contribution in [3.05, 3.63) is 104 Å². The summed E-state index contributed by atoms with van der Waals surface area (Å²) >= 11 is 14.0. The number of hydrogen-bond acceptors (Lipinski definition) is 3. The van der Waals surface area contributed by atoms with Crippen molar-refractivity contribution in [1.82, 2.24) is 9.47 Å². The van der Waals surface area contributed by atoms with Gasteiger partial charge in [-0.25, -0.2) is 4.99 Å². The Bertz CT molecular complexity index is 1540. The molecule has 36 heavy (non-hydrogen) atoms. The minimum absolute atomic E-state index is 0.0228. The quantitative estimate of drug-likeness (QED) is 0.242. The molecule has 0 saturated carbocycles. The van der Waals surface area contributed by atoms with Crippen LogP contribution in [0.15, 0.2) is 76.6 Å². The number of carbonyl (C=O) groups excluding carboxylic acids is 1. The highest BCUT2D eigenvalue weighted by Gasteiger charge is 2.32. The maximum absolute atomic E-state index is 13.3. The lowest BCUT2D eigenvalue weighted by molar-refractivity contribution is -0.122. The van der Waals surface area contributed by atoms with Crippen LogP contribution in [-0.4, -0.2) is 27.1 Å². The molecule has 1 fully saturated rings. The van der Waals surface area contributed by atoms with E-state index in [-0.39, 0.29) is 5.91 Å². The van der Waals surface area contributed by atoms with E-state index < -0.39 is 0 Å². The number of benzene rings is 3. The highest BCUT2D eigenvalue weighted by atomic mass is 35.5. The molecular weight excluding hydrogens is 509 g/mol. The number of amides is 1.